The van der Waals surface area contributed by atoms with E-state index in [1.807, 2.05) is 6.92 Å². The second-order valence-electron chi connectivity index (χ2n) is 4.37. The van der Waals surface area contributed by atoms with E-state index in [1.54, 1.807) is 18.4 Å². The maximum Gasteiger partial charge on any atom is 0.224 e. The van der Waals surface area contributed by atoms with Gasteiger partial charge < -0.3 is 10.6 Å². The van der Waals surface area contributed by atoms with E-state index >= 15 is 0 Å². The molecule has 0 saturated carbocycles. The highest BCUT2D eigenvalue weighted by Gasteiger charge is 2.14. The number of halogens is 1. The molecule has 1 unspecified atom stereocenters. The van der Waals surface area contributed by atoms with Gasteiger partial charge in [0.1, 0.15) is 0 Å². The van der Waals surface area contributed by atoms with Gasteiger partial charge in [-0.2, -0.15) is 4.98 Å². The first-order valence-electron chi connectivity index (χ1n) is 6.05. The number of aromatic nitrogens is 2. The van der Waals surface area contributed by atoms with Crippen LogP contribution in [0, 0.1) is 19.7 Å². The molecule has 1 atom stereocenters. The fourth-order valence-electron chi connectivity index (χ4n) is 1.95. The molecular formula is C13H17FN4S. The number of hydrogen-bond acceptors (Lipinski definition) is 5. The molecule has 0 aliphatic rings. The van der Waals surface area contributed by atoms with E-state index in [-0.39, 0.29) is 11.9 Å². The second-order valence-corrected chi connectivity index (χ2v) is 5.84. The molecule has 0 spiro atoms. The first-order valence-corrected chi connectivity index (χ1v) is 6.86. The third-order valence-electron chi connectivity index (χ3n) is 2.87. The van der Waals surface area contributed by atoms with Crippen LogP contribution in [0.5, 0.6) is 0 Å². The first kappa shape index (κ1) is 13.7. The van der Waals surface area contributed by atoms with Crippen LogP contribution in [0.25, 0.3) is 0 Å². The summed E-state index contributed by atoms with van der Waals surface area (Å²) in [5, 5.41) is 5.89. The number of thiophene rings is 1. The van der Waals surface area contributed by atoms with Crippen LogP contribution >= 0.6 is 11.3 Å². The smallest absolute Gasteiger partial charge is 0.224 e. The highest BCUT2D eigenvalue weighted by molar-refractivity contribution is 7.12. The molecule has 0 amide bonds. The van der Waals surface area contributed by atoms with Crippen molar-refractivity contribution in [3.8, 4) is 0 Å². The van der Waals surface area contributed by atoms with Gasteiger partial charge in [-0.15, -0.1) is 11.3 Å². The zero-order chi connectivity index (χ0) is 14.0. The van der Waals surface area contributed by atoms with Gasteiger partial charge in [-0.1, -0.05) is 0 Å². The summed E-state index contributed by atoms with van der Waals surface area (Å²) >= 11 is 1.74. The van der Waals surface area contributed by atoms with Gasteiger partial charge in [0.25, 0.3) is 0 Å². The Hall–Kier alpha value is -1.69. The largest absolute Gasteiger partial charge is 0.361 e. The lowest BCUT2D eigenvalue weighted by molar-refractivity contribution is 0.614. The van der Waals surface area contributed by atoms with Gasteiger partial charge in [-0.05, 0) is 32.4 Å². The number of nitrogens with zero attached hydrogens (tertiary/aromatic N) is 2. The molecule has 0 fully saturated rings. The Labute approximate surface area is 116 Å². The van der Waals surface area contributed by atoms with Crippen molar-refractivity contribution in [1.29, 1.82) is 0 Å². The molecule has 0 radical (unpaired) electrons. The monoisotopic (exact) mass is 280 g/mol. The molecule has 2 heterocycles. The van der Waals surface area contributed by atoms with E-state index in [4.69, 9.17) is 0 Å². The van der Waals surface area contributed by atoms with Crippen molar-refractivity contribution in [1.82, 2.24) is 9.97 Å². The summed E-state index contributed by atoms with van der Waals surface area (Å²) in [6, 6.07) is 2.12. The highest BCUT2D eigenvalue weighted by atomic mass is 32.1. The normalized spacial score (nSPS) is 12.3. The van der Waals surface area contributed by atoms with Gasteiger partial charge >= 0.3 is 0 Å². The maximum atomic E-state index is 13.7. The van der Waals surface area contributed by atoms with Gasteiger partial charge in [0.05, 0.1) is 12.2 Å². The molecule has 0 saturated heterocycles. The van der Waals surface area contributed by atoms with Crippen molar-refractivity contribution < 1.29 is 4.39 Å². The predicted molar refractivity (Wildman–Crippen MR) is 77.4 cm³/mol. The van der Waals surface area contributed by atoms with Crippen molar-refractivity contribution >= 4 is 23.1 Å². The van der Waals surface area contributed by atoms with E-state index in [2.05, 4.69) is 40.5 Å². The molecule has 4 nitrogen and oxygen atoms in total. The Morgan fingerprint density at radius 1 is 1.37 bits per heavy atom. The fraction of sp³-hybridized carbons (Fsp3) is 0.385. The summed E-state index contributed by atoms with van der Waals surface area (Å²) in [6.07, 6.45) is 1.17. The SMILES string of the molecule is CNc1ncc(F)c(NC(C)c2cc(C)sc2C)n1. The van der Waals surface area contributed by atoms with Crippen LogP contribution in [-0.2, 0) is 0 Å². The Morgan fingerprint density at radius 2 is 2.11 bits per heavy atom. The number of aryl methyl sites for hydroxylation is 2. The van der Waals surface area contributed by atoms with Gasteiger partial charge in [-0.25, -0.2) is 9.37 Å². The topological polar surface area (TPSA) is 49.8 Å². The number of hydrogen-bond donors (Lipinski definition) is 2. The molecule has 0 aromatic carbocycles. The van der Waals surface area contributed by atoms with Crippen molar-refractivity contribution in [3.05, 3.63) is 33.4 Å². The van der Waals surface area contributed by atoms with Crippen molar-refractivity contribution in [3.63, 3.8) is 0 Å². The Kier molecular flexibility index (Phi) is 3.99. The molecule has 102 valence electrons. The molecular weight excluding hydrogens is 263 g/mol. The first-order chi connectivity index (χ1) is 9.01. The van der Waals surface area contributed by atoms with Gasteiger partial charge in [0, 0.05) is 16.8 Å². The van der Waals surface area contributed by atoms with Crippen LogP contribution in [-0.4, -0.2) is 17.0 Å². The van der Waals surface area contributed by atoms with Crippen LogP contribution in [0.15, 0.2) is 12.3 Å². The average molecular weight is 280 g/mol. The quantitative estimate of drug-likeness (QED) is 0.900. The minimum atomic E-state index is -0.449. The van der Waals surface area contributed by atoms with Crippen molar-refractivity contribution in [2.45, 2.75) is 26.8 Å². The molecule has 0 bridgehead atoms. The zero-order valence-electron chi connectivity index (χ0n) is 11.4. The van der Waals surface area contributed by atoms with Crippen molar-refractivity contribution in [2.24, 2.45) is 0 Å². The standard InChI is InChI=1S/C13H17FN4S/c1-7-5-10(9(3)19-7)8(2)17-12-11(14)6-16-13(15-4)18-12/h5-6,8H,1-4H3,(H2,15,16,17,18). The molecule has 6 heteroatoms. The van der Waals surface area contributed by atoms with Gasteiger partial charge in [0.2, 0.25) is 5.95 Å². The fourth-order valence-corrected chi connectivity index (χ4v) is 2.97. The van der Waals surface area contributed by atoms with Crippen LogP contribution in [0.4, 0.5) is 16.2 Å². The summed E-state index contributed by atoms with van der Waals surface area (Å²) in [6.45, 7) is 6.13. The van der Waals surface area contributed by atoms with Crippen LogP contribution in [0.1, 0.15) is 28.3 Å². The summed E-state index contributed by atoms with van der Waals surface area (Å²) in [7, 11) is 1.70. The molecule has 19 heavy (non-hydrogen) atoms. The molecule has 2 rings (SSSR count). The van der Waals surface area contributed by atoms with E-state index in [0.29, 0.717) is 5.95 Å². The third kappa shape index (κ3) is 3.01. The average Bonchev–Trinajstić information content (AvgIpc) is 2.71. The molecule has 0 aliphatic carbocycles. The molecule has 2 N–H and O–H groups in total. The summed E-state index contributed by atoms with van der Waals surface area (Å²) in [4.78, 5) is 10.4. The second kappa shape index (κ2) is 5.52. The van der Waals surface area contributed by atoms with Gasteiger partial charge in [0.15, 0.2) is 11.6 Å². The Morgan fingerprint density at radius 3 is 2.68 bits per heavy atom. The number of anilines is 2. The van der Waals surface area contributed by atoms with E-state index in [9.17, 15) is 4.39 Å². The lowest BCUT2D eigenvalue weighted by atomic mass is 10.1. The molecule has 2 aromatic rings. The van der Waals surface area contributed by atoms with Crippen LogP contribution in [0.3, 0.4) is 0 Å². The zero-order valence-corrected chi connectivity index (χ0v) is 12.2. The minimum Gasteiger partial charge on any atom is -0.361 e. The highest BCUT2D eigenvalue weighted by Crippen LogP contribution is 2.28. The van der Waals surface area contributed by atoms with Gasteiger partial charge in [-0.3, -0.25) is 0 Å². The maximum absolute atomic E-state index is 13.7. The number of nitrogens with one attached hydrogen (secondary N) is 2. The van der Waals surface area contributed by atoms with E-state index in [1.165, 1.54) is 21.5 Å². The Balaban J connectivity index is 2.23. The van der Waals surface area contributed by atoms with Crippen molar-refractivity contribution in [2.75, 3.05) is 17.7 Å². The summed E-state index contributed by atoms with van der Waals surface area (Å²) in [5.41, 5.74) is 1.17. The van der Waals surface area contributed by atoms with Crippen LogP contribution < -0.4 is 10.6 Å². The summed E-state index contributed by atoms with van der Waals surface area (Å²) < 4.78 is 13.7. The van der Waals surface area contributed by atoms with Crippen LogP contribution in [0.2, 0.25) is 0 Å². The lowest BCUT2D eigenvalue weighted by Gasteiger charge is -2.15. The Bertz CT molecular complexity index is 582. The predicted octanol–water partition coefficient (Wildman–Crippen LogP) is 3.51. The molecule has 2 aromatic heterocycles. The molecule has 0 aliphatic heterocycles. The number of rotatable bonds is 4. The lowest BCUT2D eigenvalue weighted by Crippen LogP contribution is -2.11. The van der Waals surface area contributed by atoms with E-state index < -0.39 is 5.82 Å². The summed E-state index contributed by atoms with van der Waals surface area (Å²) in [5.74, 6) is 0.167. The minimum absolute atomic E-state index is 0.000874. The van der Waals surface area contributed by atoms with E-state index in [0.717, 1.165) is 0 Å². The third-order valence-corrected chi connectivity index (χ3v) is 3.85.